The van der Waals surface area contributed by atoms with Crippen LogP contribution >= 0.6 is 0 Å². The minimum atomic E-state index is 0.453. The van der Waals surface area contributed by atoms with Crippen molar-refractivity contribution < 1.29 is 0 Å². The fourth-order valence-corrected chi connectivity index (χ4v) is 3.21. The largest absolute Gasteiger partial charge is 0.367 e. The SMILES string of the molecule is CC(C)n1cc(N2CCCN3CCCC3C2)cn1. The maximum atomic E-state index is 4.47. The summed E-state index contributed by atoms with van der Waals surface area (Å²) in [5.41, 5.74) is 1.30. The Balaban J connectivity index is 1.74. The van der Waals surface area contributed by atoms with Gasteiger partial charge in [0.15, 0.2) is 0 Å². The highest BCUT2D eigenvalue weighted by Gasteiger charge is 2.29. The third kappa shape index (κ3) is 2.26. The van der Waals surface area contributed by atoms with Gasteiger partial charge in [-0.25, -0.2) is 0 Å². The Morgan fingerprint density at radius 2 is 2.06 bits per heavy atom. The van der Waals surface area contributed by atoms with E-state index in [9.17, 15) is 0 Å². The summed E-state index contributed by atoms with van der Waals surface area (Å²) >= 11 is 0. The van der Waals surface area contributed by atoms with Crippen LogP contribution in [-0.4, -0.2) is 46.9 Å². The van der Waals surface area contributed by atoms with Crippen molar-refractivity contribution in [3.63, 3.8) is 0 Å². The number of fused-ring (bicyclic) bond motifs is 1. The van der Waals surface area contributed by atoms with E-state index < -0.39 is 0 Å². The Hall–Kier alpha value is -1.03. The molecule has 1 aromatic heterocycles. The first-order valence-corrected chi connectivity index (χ1v) is 7.27. The predicted octanol–water partition coefficient (Wildman–Crippen LogP) is 2.14. The van der Waals surface area contributed by atoms with Gasteiger partial charge in [0.25, 0.3) is 0 Å². The van der Waals surface area contributed by atoms with Crippen molar-refractivity contribution in [1.29, 1.82) is 0 Å². The molecule has 2 saturated heterocycles. The van der Waals surface area contributed by atoms with Crippen molar-refractivity contribution in [2.45, 2.75) is 45.2 Å². The molecule has 0 bridgehead atoms. The van der Waals surface area contributed by atoms with Crippen molar-refractivity contribution in [2.75, 3.05) is 31.1 Å². The zero-order valence-corrected chi connectivity index (χ0v) is 11.5. The van der Waals surface area contributed by atoms with Gasteiger partial charge in [-0.15, -0.1) is 0 Å². The van der Waals surface area contributed by atoms with Crippen LogP contribution < -0.4 is 4.90 Å². The Morgan fingerprint density at radius 3 is 2.83 bits per heavy atom. The number of anilines is 1. The van der Waals surface area contributed by atoms with Gasteiger partial charge in [0.1, 0.15) is 0 Å². The van der Waals surface area contributed by atoms with E-state index in [1.54, 1.807) is 0 Å². The van der Waals surface area contributed by atoms with Crippen LogP contribution in [0.1, 0.15) is 39.2 Å². The highest BCUT2D eigenvalue weighted by atomic mass is 15.3. The lowest BCUT2D eigenvalue weighted by molar-refractivity contribution is 0.273. The Labute approximate surface area is 110 Å². The maximum Gasteiger partial charge on any atom is 0.0753 e. The van der Waals surface area contributed by atoms with Gasteiger partial charge in [0.05, 0.1) is 11.9 Å². The van der Waals surface area contributed by atoms with Crippen LogP contribution in [0.2, 0.25) is 0 Å². The molecule has 0 N–H and O–H groups in total. The fraction of sp³-hybridized carbons (Fsp3) is 0.786. The second kappa shape index (κ2) is 4.92. The summed E-state index contributed by atoms with van der Waals surface area (Å²) in [6, 6.07) is 1.23. The summed E-state index contributed by atoms with van der Waals surface area (Å²) in [5, 5.41) is 4.47. The molecule has 3 heterocycles. The number of rotatable bonds is 2. The molecule has 2 fully saturated rings. The smallest absolute Gasteiger partial charge is 0.0753 e. The molecule has 0 amide bonds. The van der Waals surface area contributed by atoms with Gasteiger partial charge in [-0.2, -0.15) is 5.10 Å². The zero-order chi connectivity index (χ0) is 12.5. The third-order valence-electron chi connectivity index (χ3n) is 4.29. The summed E-state index contributed by atoms with van der Waals surface area (Å²) < 4.78 is 2.06. The predicted molar refractivity (Wildman–Crippen MR) is 74.0 cm³/mol. The molecule has 18 heavy (non-hydrogen) atoms. The van der Waals surface area contributed by atoms with Crippen LogP contribution in [0.5, 0.6) is 0 Å². The van der Waals surface area contributed by atoms with Crippen molar-refractivity contribution in [1.82, 2.24) is 14.7 Å². The maximum absolute atomic E-state index is 4.47. The van der Waals surface area contributed by atoms with E-state index in [4.69, 9.17) is 0 Å². The average molecular weight is 248 g/mol. The molecular formula is C14H24N4. The highest BCUT2D eigenvalue weighted by Crippen LogP contribution is 2.25. The minimum Gasteiger partial charge on any atom is -0.367 e. The summed E-state index contributed by atoms with van der Waals surface area (Å²) in [6.45, 7) is 9.31. The lowest BCUT2D eigenvalue weighted by Gasteiger charge is -2.26. The molecule has 0 aromatic carbocycles. The molecule has 4 nitrogen and oxygen atoms in total. The monoisotopic (exact) mass is 248 g/mol. The first kappa shape index (κ1) is 12.0. The van der Waals surface area contributed by atoms with Crippen molar-refractivity contribution in [3.8, 4) is 0 Å². The molecular weight excluding hydrogens is 224 g/mol. The minimum absolute atomic E-state index is 0.453. The van der Waals surface area contributed by atoms with E-state index in [2.05, 4.69) is 39.6 Å². The van der Waals surface area contributed by atoms with E-state index in [0.717, 1.165) is 6.04 Å². The summed E-state index contributed by atoms with van der Waals surface area (Å²) in [6.07, 6.45) is 8.27. The van der Waals surface area contributed by atoms with Gasteiger partial charge in [-0.05, 0) is 39.7 Å². The molecule has 3 rings (SSSR count). The molecule has 0 spiro atoms. The van der Waals surface area contributed by atoms with Crippen LogP contribution in [0.3, 0.4) is 0 Å². The number of hydrogen-bond acceptors (Lipinski definition) is 3. The van der Waals surface area contributed by atoms with Gasteiger partial charge >= 0.3 is 0 Å². The van der Waals surface area contributed by atoms with Gasteiger partial charge in [0, 0.05) is 37.9 Å². The molecule has 2 aliphatic rings. The van der Waals surface area contributed by atoms with Gasteiger partial charge in [-0.3, -0.25) is 9.58 Å². The third-order valence-corrected chi connectivity index (χ3v) is 4.29. The average Bonchev–Trinajstić information content (AvgIpc) is 2.95. The van der Waals surface area contributed by atoms with Crippen LogP contribution in [0.4, 0.5) is 5.69 Å². The second-order valence-corrected chi connectivity index (χ2v) is 5.90. The van der Waals surface area contributed by atoms with Crippen molar-refractivity contribution >= 4 is 5.69 Å². The lowest BCUT2D eigenvalue weighted by Crippen LogP contribution is -2.36. The molecule has 0 saturated carbocycles. The Bertz CT molecular complexity index is 398. The van der Waals surface area contributed by atoms with Gasteiger partial charge in [0.2, 0.25) is 0 Å². The van der Waals surface area contributed by atoms with Crippen LogP contribution in [0, 0.1) is 0 Å². The fourth-order valence-electron chi connectivity index (χ4n) is 3.21. The molecule has 0 aliphatic carbocycles. The summed E-state index contributed by atoms with van der Waals surface area (Å²) in [4.78, 5) is 5.20. The molecule has 2 aliphatic heterocycles. The van der Waals surface area contributed by atoms with E-state index in [1.807, 2.05) is 6.20 Å². The first-order valence-electron chi connectivity index (χ1n) is 7.27. The Morgan fingerprint density at radius 1 is 1.22 bits per heavy atom. The highest BCUT2D eigenvalue weighted by molar-refractivity contribution is 5.43. The summed E-state index contributed by atoms with van der Waals surface area (Å²) in [7, 11) is 0. The molecule has 4 heteroatoms. The molecule has 1 unspecified atom stereocenters. The number of aromatic nitrogens is 2. The Kier molecular flexibility index (Phi) is 3.29. The van der Waals surface area contributed by atoms with E-state index in [-0.39, 0.29) is 0 Å². The van der Waals surface area contributed by atoms with E-state index >= 15 is 0 Å². The van der Waals surface area contributed by atoms with Crippen LogP contribution in [-0.2, 0) is 0 Å². The quantitative estimate of drug-likeness (QED) is 0.801. The first-order chi connectivity index (χ1) is 8.74. The normalized spacial score (nSPS) is 25.5. The van der Waals surface area contributed by atoms with Crippen molar-refractivity contribution in [3.05, 3.63) is 12.4 Å². The van der Waals surface area contributed by atoms with Gasteiger partial charge in [-0.1, -0.05) is 0 Å². The summed E-state index contributed by atoms with van der Waals surface area (Å²) in [5.74, 6) is 0. The standard InChI is InChI=1S/C14H24N4/c1-12(2)18-11-14(9-15-18)17-8-4-7-16-6-3-5-13(16)10-17/h9,11-13H,3-8,10H2,1-2H3. The molecule has 0 radical (unpaired) electrons. The van der Waals surface area contributed by atoms with Crippen molar-refractivity contribution in [2.24, 2.45) is 0 Å². The van der Waals surface area contributed by atoms with Crippen LogP contribution in [0.25, 0.3) is 0 Å². The van der Waals surface area contributed by atoms with Crippen LogP contribution in [0.15, 0.2) is 12.4 Å². The lowest BCUT2D eigenvalue weighted by atomic mass is 10.2. The van der Waals surface area contributed by atoms with E-state index in [1.165, 1.54) is 51.1 Å². The second-order valence-electron chi connectivity index (χ2n) is 5.90. The zero-order valence-electron chi connectivity index (χ0n) is 11.5. The topological polar surface area (TPSA) is 24.3 Å². The van der Waals surface area contributed by atoms with E-state index in [0.29, 0.717) is 6.04 Å². The molecule has 1 atom stereocenters. The molecule has 100 valence electrons. The number of hydrogen-bond donors (Lipinski definition) is 0. The molecule has 1 aromatic rings. The number of nitrogens with zero attached hydrogens (tertiary/aromatic N) is 4. The van der Waals surface area contributed by atoms with Gasteiger partial charge < -0.3 is 4.90 Å².